The maximum Gasteiger partial charge on any atom is 0.331 e. The molecule has 0 spiro atoms. The number of methoxy groups -OCH3 is 1. The van der Waals surface area contributed by atoms with E-state index in [9.17, 15) is 18.4 Å². The van der Waals surface area contributed by atoms with Gasteiger partial charge in [-0.25, -0.2) is 13.6 Å². The topological polar surface area (TPSA) is 73.9 Å². The van der Waals surface area contributed by atoms with E-state index in [2.05, 4.69) is 5.32 Å². The van der Waals surface area contributed by atoms with Crippen molar-refractivity contribution < 1.29 is 32.6 Å². The molecule has 2 rings (SSSR count). The van der Waals surface area contributed by atoms with Gasteiger partial charge in [0.1, 0.15) is 11.6 Å². The van der Waals surface area contributed by atoms with Crippen molar-refractivity contribution in [2.45, 2.75) is 19.9 Å². The van der Waals surface area contributed by atoms with Crippen LogP contribution in [-0.4, -0.2) is 32.2 Å². The Labute approximate surface area is 173 Å². The average Bonchev–Trinajstić information content (AvgIpc) is 2.71. The van der Waals surface area contributed by atoms with Gasteiger partial charge in [0, 0.05) is 17.7 Å². The molecule has 0 bridgehead atoms. The first-order valence-corrected chi connectivity index (χ1v) is 9.24. The molecule has 0 saturated heterocycles. The Morgan fingerprint density at radius 1 is 1.13 bits per heavy atom. The normalized spacial score (nSPS) is 11.8. The third kappa shape index (κ3) is 6.58. The second-order valence-corrected chi connectivity index (χ2v) is 6.24. The minimum absolute atomic E-state index is 0.125. The lowest BCUT2D eigenvalue weighted by atomic mass is 10.1. The largest absolute Gasteiger partial charge is 0.493 e. The third-order valence-electron chi connectivity index (χ3n) is 4.05. The molecule has 0 aromatic heterocycles. The van der Waals surface area contributed by atoms with Crippen molar-refractivity contribution in [1.29, 1.82) is 0 Å². The van der Waals surface area contributed by atoms with Crippen molar-refractivity contribution in [2.24, 2.45) is 0 Å². The van der Waals surface area contributed by atoms with Crippen LogP contribution in [-0.2, 0) is 14.3 Å². The van der Waals surface area contributed by atoms with E-state index in [0.717, 1.165) is 12.1 Å². The van der Waals surface area contributed by atoms with E-state index in [-0.39, 0.29) is 5.56 Å². The van der Waals surface area contributed by atoms with Crippen LogP contribution in [0.2, 0.25) is 0 Å². The molecule has 8 heteroatoms. The van der Waals surface area contributed by atoms with Gasteiger partial charge in [-0.1, -0.05) is 12.1 Å². The highest BCUT2D eigenvalue weighted by Crippen LogP contribution is 2.28. The fraction of sp³-hybridized carbons (Fsp3) is 0.273. The number of esters is 1. The van der Waals surface area contributed by atoms with E-state index in [1.54, 1.807) is 18.2 Å². The molecule has 0 heterocycles. The molecule has 6 nitrogen and oxygen atoms in total. The van der Waals surface area contributed by atoms with E-state index in [4.69, 9.17) is 14.2 Å². The summed E-state index contributed by atoms with van der Waals surface area (Å²) in [4.78, 5) is 23.8. The lowest BCUT2D eigenvalue weighted by molar-refractivity contribution is -0.144. The Morgan fingerprint density at radius 2 is 1.90 bits per heavy atom. The van der Waals surface area contributed by atoms with Crippen molar-refractivity contribution in [3.63, 3.8) is 0 Å². The molecule has 0 unspecified atom stereocenters. The predicted molar refractivity (Wildman–Crippen MR) is 107 cm³/mol. The maximum atomic E-state index is 13.7. The summed E-state index contributed by atoms with van der Waals surface area (Å²) in [5, 5.41) is 2.49. The first-order chi connectivity index (χ1) is 14.3. The number of hydrogen-bond acceptors (Lipinski definition) is 5. The molecule has 0 aliphatic carbocycles. The zero-order chi connectivity index (χ0) is 22.1. The summed E-state index contributed by atoms with van der Waals surface area (Å²) in [5.41, 5.74) is 0.803. The molecule has 2 aromatic carbocycles. The number of carbonyl (C=O) groups excluding carboxylic acids is 2. The summed E-state index contributed by atoms with van der Waals surface area (Å²) < 4.78 is 42.3. The molecule has 0 aliphatic heterocycles. The molecule has 2 aromatic rings. The SMILES string of the molecule is CCOc1ccc(/C=C/C(=O)OCC(=O)N[C@H](C)c2ccc(F)cc2F)cc1OC. The van der Waals surface area contributed by atoms with Gasteiger partial charge >= 0.3 is 5.97 Å². The standard InChI is InChI=1S/C22H23F2NO5/c1-4-29-19-9-5-15(11-20(19)28-3)6-10-22(27)30-13-21(26)25-14(2)17-8-7-16(23)12-18(17)24/h5-12,14H,4,13H2,1-3H3,(H,25,26)/b10-6+/t14-/m1/s1. The summed E-state index contributed by atoms with van der Waals surface area (Å²) >= 11 is 0. The van der Waals surface area contributed by atoms with Crippen LogP contribution in [0.4, 0.5) is 8.78 Å². The van der Waals surface area contributed by atoms with Crippen molar-refractivity contribution in [2.75, 3.05) is 20.3 Å². The van der Waals surface area contributed by atoms with E-state index < -0.39 is 36.2 Å². The molecule has 0 aliphatic rings. The van der Waals surface area contributed by atoms with Gasteiger partial charge < -0.3 is 19.5 Å². The zero-order valence-corrected chi connectivity index (χ0v) is 16.9. The first-order valence-electron chi connectivity index (χ1n) is 9.24. The third-order valence-corrected chi connectivity index (χ3v) is 4.05. The van der Waals surface area contributed by atoms with Crippen LogP contribution in [0, 0.1) is 11.6 Å². The van der Waals surface area contributed by atoms with Gasteiger partial charge in [-0.2, -0.15) is 0 Å². The minimum Gasteiger partial charge on any atom is -0.493 e. The minimum atomic E-state index is -0.770. The molecule has 0 fully saturated rings. The molecule has 0 radical (unpaired) electrons. The number of benzene rings is 2. The van der Waals surface area contributed by atoms with Crippen molar-refractivity contribution in [3.8, 4) is 11.5 Å². The summed E-state index contributed by atoms with van der Waals surface area (Å²) in [5.74, 6) is -1.71. The number of halogens is 2. The summed E-state index contributed by atoms with van der Waals surface area (Å²) in [6, 6.07) is 7.51. The van der Waals surface area contributed by atoms with Gasteiger partial charge in [0.15, 0.2) is 18.1 Å². The number of amides is 1. The summed E-state index contributed by atoms with van der Waals surface area (Å²) in [6.45, 7) is 3.35. The van der Waals surface area contributed by atoms with Crippen LogP contribution in [0.15, 0.2) is 42.5 Å². The van der Waals surface area contributed by atoms with Crippen molar-refractivity contribution in [3.05, 3.63) is 65.2 Å². The van der Waals surface area contributed by atoms with Crippen LogP contribution in [0.1, 0.15) is 31.0 Å². The molecule has 1 N–H and O–H groups in total. The predicted octanol–water partition coefficient (Wildman–Crippen LogP) is 3.81. The van der Waals surface area contributed by atoms with Crippen LogP contribution >= 0.6 is 0 Å². The highest BCUT2D eigenvalue weighted by molar-refractivity contribution is 5.89. The van der Waals surface area contributed by atoms with Gasteiger partial charge in [0.25, 0.3) is 5.91 Å². The van der Waals surface area contributed by atoms with Crippen LogP contribution in [0.5, 0.6) is 11.5 Å². The second kappa shape index (κ2) is 10.9. The quantitative estimate of drug-likeness (QED) is 0.494. The van der Waals surface area contributed by atoms with Crippen LogP contribution in [0.3, 0.4) is 0 Å². The van der Waals surface area contributed by atoms with E-state index in [1.807, 2.05) is 6.92 Å². The molecule has 160 valence electrons. The van der Waals surface area contributed by atoms with Gasteiger partial charge in [-0.15, -0.1) is 0 Å². The number of nitrogens with one attached hydrogen (secondary N) is 1. The molecule has 1 atom stereocenters. The Kier molecular flexibility index (Phi) is 8.34. The molecule has 1 amide bonds. The number of carbonyl (C=O) groups is 2. The van der Waals surface area contributed by atoms with Crippen LogP contribution < -0.4 is 14.8 Å². The first kappa shape index (κ1) is 22.9. The number of rotatable bonds is 9. The summed E-state index contributed by atoms with van der Waals surface area (Å²) in [7, 11) is 1.51. The molecule has 0 saturated carbocycles. The fourth-order valence-electron chi connectivity index (χ4n) is 2.63. The highest BCUT2D eigenvalue weighted by Gasteiger charge is 2.15. The zero-order valence-electron chi connectivity index (χ0n) is 16.9. The second-order valence-electron chi connectivity index (χ2n) is 6.24. The Hall–Kier alpha value is -3.42. The van der Waals surface area contributed by atoms with E-state index in [0.29, 0.717) is 23.7 Å². The summed E-state index contributed by atoms with van der Waals surface area (Å²) in [6.07, 6.45) is 2.68. The molecule has 30 heavy (non-hydrogen) atoms. The monoisotopic (exact) mass is 419 g/mol. The number of hydrogen-bond donors (Lipinski definition) is 1. The maximum absolute atomic E-state index is 13.7. The lowest BCUT2D eigenvalue weighted by Gasteiger charge is -2.15. The van der Waals surface area contributed by atoms with Gasteiger partial charge in [-0.05, 0) is 43.7 Å². The van der Waals surface area contributed by atoms with Gasteiger partial charge in [-0.3, -0.25) is 4.79 Å². The lowest BCUT2D eigenvalue weighted by Crippen LogP contribution is -2.31. The van der Waals surface area contributed by atoms with Crippen molar-refractivity contribution in [1.82, 2.24) is 5.32 Å². The Bertz CT molecular complexity index is 930. The fourth-order valence-corrected chi connectivity index (χ4v) is 2.63. The van der Waals surface area contributed by atoms with Crippen molar-refractivity contribution >= 4 is 18.0 Å². The Balaban J connectivity index is 1.87. The molecular weight excluding hydrogens is 396 g/mol. The Morgan fingerprint density at radius 3 is 2.57 bits per heavy atom. The highest BCUT2D eigenvalue weighted by atomic mass is 19.1. The molecular formula is C22H23F2NO5. The number of ether oxygens (including phenoxy) is 3. The smallest absolute Gasteiger partial charge is 0.331 e. The van der Waals surface area contributed by atoms with Gasteiger partial charge in [0.2, 0.25) is 0 Å². The van der Waals surface area contributed by atoms with Crippen LogP contribution in [0.25, 0.3) is 6.08 Å². The van der Waals surface area contributed by atoms with Gasteiger partial charge in [0.05, 0.1) is 19.8 Å². The van der Waals surface area contributed by atoms with E-state index >= 15 is 0 Å². The average molecular weight is 419 g/mol. The van der Waals surface area contributed by atoms with E-state index in [1.165, 1.54) is 32.3 Å².